The van der Waals surface area contributed by atoms with Gasteiger partial charge in [-0.2, -0.15) is 0 Å². The Morgan fingerprint density at radius 1 is 1.17 bits per heavy atom. The van der Waals surface area contributed by atoms with Gasteiger partial charge in [-0.05, 0) is 29.8 Å². The van der Waals surface area contributed by atoms with Gasteiger partial charge in [0.05, 0.1) is 23.0 Å². The third-order valence-corrected chi connectivity index (χ3v) is 4.00. The first-order chi connectivity index (χ1) is 11.0. The summed E-state index contributed by atoms with van der Waals surface area (Å²) in [5.74, 6) is 0.0214. The minimum absolute atomic E-state index is 0.0637. The average Bonchev–Trinajstić information content (AvgIpc) is 2.51. The lowest BCUT2D eigenvalue weighted by Gasteiger charge is -2.17. The monoisotopic (exact) mass is 355 g/mol. The fourth-order valence-electron chi connectivity index (χ4n) is 1.94. The Labute approximate surface area is 144 Å². The first-order valence-corrected chi connectivity index (χ1v) is 7.77. The molecule has 0 aliphatic heterocycles. The van der Waals surface area contributed by atoms with E-state index in [9.17, 15) is 9.18 Å². The fourth-order valence-corrected chi connectivity index (χ4v) is 2.26. The Morgan fingerprint density at radius 3 is 2.65 bits per heavy atom. The number of amides is 1. The van der Waals surface area contributed by atoms with Crippen LogP contribution in [-0.4, -0.2) is 31.0 Å². The van der Waals surface area contributed by atoms with E-state index in [1.807, 2.05) is 0 Å². The van der Waals surface area contributed by atoms with Crippen LogP contribution in [0.3, 0.4) is 0 Å². The van der Waals surface area contributed by atoms with E-state index >= 15 is 0 Å². The molecule has 0 radical (unpaired) electrons. The van der Waals surface area contributed by atoms with Gasteiger partial charge in [0, 0.05) is 13.1 Å². The molecule has 0 saturated carbocycles. The number of carbonyl (C=O) groups excluding carboxylic acids is 1. The number of rotatable bonds is 6. The standard InChI is InChI=1S/C17H16Cl2FNO2/c1-21(7-8-23-14-4-2-3-13(20)11-14)17(22)10-12-5-6-15(18)16(19)9-12/h2-6,9,11H,7-8,10H2,1H3. The topological polar surface area (TPSA) is 29.5 Å². The van der Waals surface area contributed by atoms with Crippen LogP contribution in [0.25, 0.3) is 0 Å². The maximum absolute atomic E-state index is 13.0. The van der Waals surface area contributed by atoms with Gasteiger partial charge < -0.3 is 9.64 Å². The van der Waals surface area contributed by atoms with E-state index in [1.165, 1.54) is 12.1 Å². The molecule has 1 amide bonds. The van der Waals surface area contributed by atoms with Gasteiger partial charge in [-0.25, -0.2) is 4.39 Å². The molecule has 0 atom stereocenters. The SMILES string of the molecule is CN(CCOc1cccc(F)c1)C(=O)Cc1ccc(Cl)c(Cl)c1. The van der Waals surface area contributed by atoms with Crippen molar-refractivity contribution in [2.45, 2.75) is 6.42 Å². The Bertz CT molecular complexity index is 694. The van der Waals surface area contributed by atoms with E-state index in [1.54, 1.807) is 42.3 Å². The highest BCUT2D eigenvalue weighted by Gasteiger charge is 2.11. The van der Waals surface area contributed by atoms with E-state index in [2.05, 4.69) is 0 Å². The highest BCUT2D eigenvalue weighted by atomic mass is 35.5. The molecule has 3 nitrogen and oxygen atoms in total. The number of hydrogen-bond donors (Lipinski definition) is 0. The summed E-state index contributed by atoms with van der Waals surface area (Å²) in [5.41, 5.74) is 0.794. The fraction of sp³-hybridized carbons (Fsp3) is 0.235. The van der Waals surface area contributed by atoms with Gasteiger partial charge in [-0.3, -0.25) is 4.79 Å². The summed E-state index contributed by atoms with van der Waals surface area (Å²) in [5, 5.41) is 0.883. The maximum Gasteiger partial charge on any atom is 0.226 e. The lowest BCUT2D eigenvalue weighted by atomic mass is 10.1. The zero-order valence-corrected chi connectivity index (χ0v) is 14.1. The van der Waals surface area contributed by atoms with E-state index in [0.717, 1.165) is 5.56 Å². The number of likely N-dealkylation sites (N-methyl/N-ethyl adjacent to an activating group) is 1. The zero-order valence-electron chi connectivity index (χ0n) is 12.6. The number of halogens is 3. The van der Waals surface area contributed by atoms with Crippen molar-refractivity contribution in [1.29, 1.82) is 0 Å². The second kappa shape index (κ2) is 8.18. The van der Waals surface area contributed by atoms with Crippen LogP contribution in [0.1, 0.15) is 5.56 Å². The summed E-state index contributed by atoms with van der Waals surface area (Å²) >= 11 is 11.8. The molecule has 6 heteroatoms. The van der Waals surface area contributed by atoms with Crippen molar-refractivity contribution in [3.63, 3.8) is 0 Å². The van der Waals surface area contributed by atoms with Crippen molar-refractivity contribution >= 4 is 29.1 Å². The molecule has 0 aliphatic rings. The number of carbonyl (C=O) groups is 1. The molecule has 122 valence electrons. The van der Waals surface area contributed by atoms with Crippen LogP contribution in [0.4, 0.5) is 4.39 Å². The van der Waals surface area contributed by atoms with Crippen molar-refractivity contribution in [3.05, 3.63) is 63.9 Å². The predicted octanol–water partition coefficient (Wildman–Crippen LogP) is 4.21. The van der Waals surface area contributed by atoms with Crippen LogP contribution < -0.4 is 4.74 Å². The molecule has 2 rings (SSSR count). The van der Waals surface area contributed by atoms with E-state index in [4.69, 9.17) is 27.9 Å². The van der Waals surface area contributed by atoms with Gasteiger partial charge >= 0.3 is 0 Å². The molecular weight excluding hydrogens is 340 g/mol. The average molecular weight is 356 g/mol. The second-order valence-electron chi connectivity index (χ2n) is 5.05. The summed E-state index contributed by atoms with van der Waals surface area (Å²) < 4.78 is 18.4. The molecule has 0 aromatic heterocycles. The van der Waals surface area contributed by atoms with Crippen LogP contribution in [-0.2, 0) is 11.2 Å². The summed E-state index contributed by atoms with van der Waals surface area (Å²) in [6.45, 7) is 0.684. The molecule has 2 aromatic rings. The first-order valence-electron chi connectivity index (χ1n) is 7.02. The number of benzene rings is 2. The molecule has 0 saturated heterocycles. The zero-order chi connectivity index (χ0) is 16.8. The van der Waals surface area contributed by atoms with Crippen LogP contribution in [0, 0.1) is 5.82 Å². The Hall–Kier alpha value is -1.78. The normalized spacial score (nSPS) is 10.4. The minimum atomic E-state index is -0.355. The molecule has 23 heavy (non-hydrogen) atoms. The number of ether oxygens (including phenoxy) is 1. The molecule has 0 spiro atoms. The molecule has 0 aliphatic carbocycles. The third kappa shape index (κ3) is 5.41. The summed E-state index contributed by atoms with van der Waals surface area (Å²) in [6.07, 6.45) is 0.230. The summed E-state index contributed by atoms with van der Waals surface area (Å²) in [7, 11) is 1.69. The molecule has 2 aromatic carbocycles. The molecule has 0 bridgehead atoms. The lowest BCUT2D eigenvalue weighted by molar-refractivity contribution is -0.129. The molecule has 0 N–H and O–H groups in total. The van der Waals surface area contributed by atoms with Gasteiger partial charge in [0.2, 0.25) is 5.91 Å². The van der Waals surface area contributed by atoms with Crippen molar-refractivity contribution < 1.29 is 13.9 Å². The smallest absolute Gasteiger partial charge is 0.226 e. The predicted molar refractivity (Wildman–Crippen MR) is 89.7 cm³/mol. The Kier molecular flexibility index (Phi) is 6.25. The van der Waals surface area contributed by atoms with E-state index in [-0.39, 0.29) is 24.8 Å². The summed E-state index contributed by atoms with van der Waals surface area (Å²) in [4.78, 5) is 13.7. The minimum Gasteiger partial charge on any atom is -0.492 e. The van der Waals surface area contributed by atoms with Crippen molar-refractivity contribution in [1.82, 2.24) is 4.90 Å². The second-order valence-corrected chi connectivity index (χ2v) is 5.86. The van der Waals surface area contributed by atoms with Crippen molar-refractivity contribution in [2.24, 2.45) is 0 Å². The Balaban J connectivity index is 1.81. The first kappa shape index (κ1) is 17.6. The van der Waals surface area contributed by atoms with Crippen molar-refractivity contribution in [3.8, 4) is 5.75 Å². The summed E-state index contributed by atoms with van der Waals surface area (Å²) in [6, 6.07) is 11.0. The van der Waals surface area contributed by atoms with Gasteiger partial charge in [-0.15, -0.1) is 0 Å². The van der Waals surface area contributed by atoms with Gasteiger partial charge in [0.1, 0.15) is 18.2 Å². The van der Waals surface area contributed by atoms with Crippen LogP contribution >= 0.6 is 23.2 Å². The molecular formula is C17H16Cl2FNO2. The largest absolute Gasteiger partial charge is 0.492 e. The van der Waals surface area contributed by atoms with Crippen LogP contribution in [0.15, 0.2) is 42.5 Å². The highest BCUT2D eigenvalue weighted by Crippen LogP contribution is 2.23. The van der Waals surface area contributed by atoms with Gasteiger partial charge in [0.25, 0.3) is 0 Å². The van der Waals surface area contributed by atoms with Gasteiger partial charge in [0.15, 0.2) is 0 Å². The lowest BCUT2D eigenvalue weighted by Crippen LogP contribution is -2.32. The van der Waals surface area contributed by atoms with Crippen LogP contribution in [0.5, 0.6) is 5.75 Å². The number of nitrogens with zero attached hydrogens (tertiary/aromatic N) is 1. The van der Waals surface area contributed by atoms with Crippen molar-refractivity contribution in [2.75, 3.05) is 20.2 Å². The molecule has 0 unspecified atom stereocenters. The Morgan fingerprint density at radius 2 is 1.96 bits per heavy atom. The maximum atomic E-state index is 13.0. The highest BCUT2D eigenvalue weighted by molar-refractivity contribution is 6.42. The van der Waals surface area contributed by atoms with Gasteiger partial charge in [-0.1, -0.05) is 35.3 Å². The molecule has 0 fully saturated rings. The quantitative estimate of drug-likeness (QED) is 0.776. The number of hydrogen-bond acceptors (Lipinski definition) is 2. The third-order valence-electron chi connectivity index (χ3n) is 3.26. The molecule has 0 heterocycles. The van der Waals surface area contributed by atoms with Crippen LogP contribution in [0.2, 0.25) is 10.0 Å². The van der Waals surface area contributed by atoms with E-state index in [0.29, 0.717) is 22.3 Å². The van der Waals surface area contributed by atoms with E-state index < -0.39 is 0 Å².